The number of ether oxygens (including phenoxy) is 4. The van der Waals surface area contributed by atoms with Crippen LogP contribution in [0.2, 0.25) is 0 Å². The molecule has 0 bridgehead atoms. The lowest BCUT2D eigenvalue weighted by molar-refractivity contribution is 0.288. The van der Waals surface area contributed by atoms with Crippen LogP contribution in [0.4, 0.5) is 0 Å². The van der Waals surface area contributed by atoms with Gasteiger partial charge in [0.15, 0.2) is 23.0 Å². The van der Waals surface area contributed by atoms with Crippen LogP contribution in [0, 0.1) is 0 Å². The summed E-state index contributed by atoms with van der Waals surface area (Å²) in [4.78, 5) is 0. The van der Waals surface area contributed by atoms with Crippen molar-refractivity contribution in [1.29, 1.82) is 0 Å². The van der Waals surface area contributed by atoms with E-state index in [0.717, 1.165) is 11.1 Å². The van der Waals surface area contributed by atoms with Crippen LogP contribution in [0.1, 0.15) is 38.8 Å². The lowest BCUT2D eigenvalue weighted by atomic mass is 10.2. The Balaban J connectivity index is 1.91. The molecule has 2 aromatic rings. The summed E-state index contributed by atoms with van der Waals surface area (Å²) in [6.45, 7) is 9.94. The fourth-order valence-electron chi connectivity index (χ4n) is 2.65. The summed E-state index contributed by atoms with van der Waals surface area (Å²) >= 11 is 5.19. The van der Waals surface area contributed by atoms with Gasteiger partial charge in [0.1, 0.15) is 0 Å². The van der Waals surface area contributed by atoms with E-state index in [4.69, 9.17) is 31.2 Å². The first-order valence-corrected chi connectivity index (χ1v) is 10.9. The third kappa shape index (κ3) is 8.07. The minimum atomic E-state index is 0.254. The zero-order valence-corrected chi connectivity index (χ0v) is 19.7. The van der Waals surface area contributed by atoms with Crippen LogP contribution in [0.5, 0.6) is 23.0 Å². The first kappa shape index (κ1) is 24.9. The first-order chi connectivity index (χ1) is 15.6. The topological polar surface area (TPSA) is 85.7 Å². The van der Waals surface area contributed by atoms with Gasteiger partial charge in [-0.2, -0.15) is 10.2 Å². The van der Waals surface area contributed by atoms with E-state index in [1.165, 1.54) is 0 Å². The number of hydrogen-bond donors (Lipinski definition) is 2. The molecule has 2 aromatic carbocycles. The van der Waals surface area contributed by atoms with Gasteiger partial charge in [-0.1, -0.05) is 0 Å². The first-order valence-electron chi connectivity index (χ1n) is 10.5. The van der Waals surface area contributed by atoms with Crippen LogP contribution in [0.25, 0.3) is 0 Å². The molecule has 8 nitrogen and oxygen atoms in total. The Bertz CT molecular complexity index is 861. The third-order valence-electron chi connectivity index (χ3n) is 3.89. The average Bonchev–Trinajstić information content (AvgIpc) is 2.78. The van der Waals surface area contributed by atoms with Crippen molar-refractivity contribution in [3.05, 3.63) is 47.5 Å². The molecular weight excluding hydrogens is 428 g/mol. The summed E-state index contributed by atoms with van der Waals surface area (Å²) < 4.78 is 22.4. The second-order valence-electron chi connectivity index (χ2n) is 6.21. The second-order valence-corrected chi connectivity index (χ2v) is 6.62. The Labute approximate surface area is 194 Å². The van der Waals surface area contributed by atoms with Gasteiger partial charge in [-0.15, -0.1) is 0 Å². The zero-order chi connectivity index (χ0) is 23.2. The second kappa shape index (κ2) is 13.9. The molecule has 32 heavy (non-hydrogen) atoms. The third-order valence-corrected chi connectivity index (χ3v) is 4.08. The highest BCUT2D eigenvalue weighted by molar-refractivity contribution is 7.80. The fourth-order valence-corrected chi connectivity index (χ4v) is 2.76. The summed E-state index contributed by atoms with van der Waals surface area (Å²) in [7, 11) is 0. The molecule has 0 saturated heterocycles. The van der Waals surface area contributed by atoms with E-state index in [2.05, 4.69) is 21.1 Å². The molecule has 0 aliphatic carbocycles. The Morgan fingerprint density at radius 1 is 0.688 bits per heavy atom. The molecule has 0 aliphatic rings. The van der Waals surface area contributed by atoms with Gasteiger partial charge in [0, 0.05) is 0 Å². The molecule has 0 aliphatic heterocycles. The number of nitrogens with one attached hydrogen (secondary N) is 2. The van der Waals surface area contributed by atoms with Crippen molar-refractivity contribution in [2.75, 3.05) is 26.4 Å². The Kier molecular flexibility index (Phi) is 10.8. The van der Waals surface area contributed by atoms with Crippen LogP contribution in [0.3, 0.4) is 0 Å². The highest BCUT2D eigenvalue weighted by Gasteiger charge is 2.06. The lowest BCUT2D eigenvalue weighted by Crippen LogP contribution is -2.28. The van der Waals surface area contributed by atoms with Crippen molar-refractivity contribution in [2.45, 2.75) is 27.7 Å². The Hall–Kier alpha value is -3.33. The van der Waals surface area contributed by atoms with Gasteiger partial charge >= 0.3 is 0 Å². The van der Waals surface area contributed by atoms with E-state index in [1.54, 1.807) is 12.4 Å². The maximum Gasteiger partial charge on any atom is 0.207 e. The number of thiocarbonyl (C=S) groups is 1. The van der Waals surface area contributed by atoms with Crippen molar-refractivity contribution < 1.29 is 18.9 Å². The molecule has 2 N–H and O–H groups in total. The van der Waals surface area contributed by atoms with Gasteiger partial charge in [0.25, 0.3) is 0 Å². The summed E-state index contributed by atoms with van der Waals surface area (Å²) in [6.07, 6.45) is 3.27. The molecule has 0 amide bonds. The van der Waals surface area contributed by atoms with Crippen LogP contribution in [-0.4, -0.2) is 44.0 Å². The van der Waals surface area contributed by atoms with Gasteiger partial charge in [-0.05, 0) is 87.4 Å². The van der Waals surface area contributed by atoms with Crippen molar-refractivity contribution in [1.82, 2.24) is 10.9 Å². The number of benzene rings is 2. The molecule has 0 unspecified atom stereocenters. The van der Waals surface area contributed by atoms with Gasteiger partial charge in [-0.25, -0.2) is 0 Å². The maximum atomic E-state index is 5.62. The molecule has 0 heterocycles. The molecule has 2 rings (SSSR count). The predicted octanol–water partition coefficient (Wildman–Crippen LogP) is 4.11. The molecule has 0 fully saturated rings. The molecule has 0 aromatic heterocycles. The van der Waals surface area contributed by atoms with Crippen molar-refractivity contribution in [3.63, 3.8) is 0 Å². The van der Waals surface area contributed by atoms with Crippen LogP contribution in [0.15, 0.2) is 46.6 Å². The van der Waals surface area contributed by atoms with Crippen molar-refractivity contribution >= 4 is 29.8 Å². The molecule has 9 heteroatoms. The largest absolute Gasteiger partial charge is 0.490 e. The highest BCUT2D eigenvalue weighted by Crippen LogP contribution is 2.28. The summed E-state index contributed by atoms with van der Waals surface area (Å²) in [5, 5.41) is 8.51. The average molecular weight is 459 g/mol. The molecule has 0 spiro atoms. The fraction of sp³-hybridized carbons (Fsp3) is 0.348. The van der Waals surface area contributed by atoms with Crippen LogP contribution < -0.4 is 29.8 Å². The maximum absolute atomic E-state index is 5.62. The monoisotopic (exact) mass is 458 g/mol. The Morgan fingerprint density at radius 3 is 1.44 bits per heavy atom. The summed E-state index contributed by atoms with van der Waals surface area (Å²) in [5.74, 6) is 2.75. The normalized spacial score (nSPS) is 10.9. The van der Waals surface area contributed by atoms with Crippen molar-refractivity contribution in [2.24, 2.45) is 10.2 Å². The van der Waals surface area contributed by atoms with E-state index in [0.29, 0.717) is 49.4 Å². The number of hydrazone groups is 2. The number of hydrogen-bond acceptors (Lipinski definition) is 7. The highest BCUT2D eigenvalue weighted by atomic mass is 32.1. The molecule has 0 atom stereocenters. The molecular formula is C23H30N4O4S. The Morgan fingerprint density at radius 2 is 1.06 bits per heavy atom. The van der Waals surface area contributed by atoms with Gasteiger partial charge < -0.3 is 18.9 Å². The van der Waals surface area contributed by atoms with Gasteiger partial charge in [-0.3, -0.25) is 10.9 Å². The quantitative estimate of drug-likeness (QED) is 0.281. The van der Waals surface area contributed by atoms with E-state index >= 15 is 0 Å². The lowest BCUT2D eigenvalue weighted by Gasteiger charge is -2.11. The predicted molar refractivity (Wildman–Crippen MR) is 132 cm³/mol. The SMILES string of the molecule is CCOc1ccc(/C=N\NC(=S)N/N=C\c2ccc(OCC)c(OCC)c2)cc1OCC. The number of nitrogens with zero attached hydrogens (tertiary/aromatic N) is 2. The minimum Gasteiger partial charge on any atom is -0.490 e. The standard InChI is InChI=1S/C23H30N4O4S/c1-5-28-19-11-9-17(13-21(19)30-7-3)15-24-26-23(32)27-25-16-18-10-12-20(29-6-2)22(14-18)31-8-4/h9-16H,5-8H2,1-4H3,(H2,26,27,32)/b24-15-,25-16-. The number of rotatable bonds is 12. The van der Waals surface area contributed by atoms with Crippen molar-refractivity contribution in [3.8, 4) is 23.0 Å². The molecule has 0 radical (unpaired) electrons. The smallest absolute Gasteiger partial charge is 0.207 e. The van der Waals surface area contributed by atoms with E-state index in [-0.39, 0.29) is 5.11 Å². The van der Waals surface area contributed by atoms with E-state index in [1.807, 2.05) is 64.1 Å². The minimum absolute atomic E-state index is 0.254. The molecule has 172 valence electrons. The summed E-state index contributed by atoms with van der Waals surface area (Å²) in [6, 6.07) is 11.2. The molecule has 0 saturated carbocycles. The van der Waals surface area contributed by atoms with Crippen LogP contribution in [-0.2, 0) is 0 Å². The van der Waals surface area contributed by atoms with E-state index in [9.17, 15) is 0 Å². The zero-order valence-electron chi connectivity index (χ0n) is 18.9. The van der Waals surface area contributed by atoms with Gasteiger partial charge in [0.2, 0.25) is 5.11 Å². The van der Waals surface area contributed by atoms with E-state index < -0.39 is 0 Å². The van der Waals surface area contributed by atoms with Crippen LogP contribution >= 0.6 is 12.2 Å². The summed E-state index contributed by atoms with van der Waals surface area (Å²) in [5.41, 5.74) is 7.13. The van der Waals surface area contributed by atoms with Gasteiger partial charge in [0.05, 0.1) is 38.9 Å².